The molecule has 1 unspecified atom stereocenters. The number of aliphatic hydroxyl groups excluding tert-OH is 1. The van der Waals surface area contributed by atoms with Gasteiger partial charge in [-0.1, -0.05) is 36.4 Å². The fourth-order valence-corrected chi connectivity index (χ4v) is 4.00. The van der Waals surface area contributed by atoms with E-state index >= 15 is 0 Å². The summed E-state index contributed by atoms with van der Waals surface area (Å²) in [5, 5.41) is 10.7. The Labute approximate surface area is 196 Å². The second-order valence-electron chi connectivity index (χ2n) is 8.14. The van der Waals surface area contributed by atoms with Gasteiger partial charge in [0, 0.05) is 24.0 Å². The number of likely N-dealkylation sites (N-methyl/N-ethyl adjacent to an activating group) is 1. The molecule has 2 aromatic heterocycles. The summed E-state index contributed by atoms with van der Waals surface area (Å²) in [6, 6.07) is 14.5. The van der Waals surface area contributed by atoms with Gasteiger partial charge in [0.2, 0.25) is 0 Å². The molecular formula is C25H20F6N2O2. The maximum absolute atomic E-state index is 13.5. The van der Waals surface area contributed by atoms with Gasteiger partial charge in [0.05, 0.1) is 23.4 Å². The molecule has 2 heterocycles. The van der Waals surface area contributed by atoms with Gasteiger partial charge in [0.25, 0.3) is 0 Å². The van der Waals surface area contributed by atoms with Crippen molar-refractivity contribution in [1.29, 1.82) is 0 Å². The van der Waals surface area contributed by atoms with E-state index in [1.807, 2.05) is 24.3 Å². The number of aliphatic hydroxyl groups is 1. The Morgan fingerprint density at radius 3 is 2.34 bits per heavy atom. The van der Waals surface area contributed by atoms with Crippen molar-refractivity contribution in [3.05, 3.63) is 89.3 Å². The fraction of sp³-hybridized carbons (Fsp3) is 0.240. The summed E-state index contributed by atoms with van der Waals surface area (Å²) in [5.74, 6) is 0.629. The molecule has 0 saturated carbocycles. The van der Waals surface area contributed by atoms with E-state index in [4.69, 9.17) is 4.42 Å². The highest BCUT2D eigenvalue weighted by Gasteiger charge is 2.38. The van der Waals surface area contributed by atoms with Crippen molar-refractivity contribution in [2.45, 2.75) is 25.0 Å². The molecule has 4 rings (SSSR count). The van der Waals surface area contributed by atoms with E-state index in [0.29, 0.717) is 24.4 Å². The summed E-state index contributed by atoms with van der Waals surface area (Å²) in [6.07, 6.45) is -9.88. The first-order chi connectivity index (χ1) is 16.4. The highest BCUT2D eigenvalue weighted by atomic mass is 19.4. The van der Waals surface area contributed by atoms with E-state index < -0.39 is 35.2 Å². The number of hydrogen-bond donors (Lipinski definition) is 1. The summed E-state index contributed by atoms with van der Waals surface area (Å²) in [7, 11) is 1.65. The molecule has 4 aromatic rings. The molecule has 0 saturated heterocycles. The Morgan fingerprint density at radius 1 is 0.943 bits per heavy atom. The van der Waals surface area contributed by atoms with Gasteiger partial charge in [-0.3, -0.25) is 4.90 Å². The third-order valence-electron chi connectivity index (χ3n) is 5.56. The summed E-state index contributed by atoms with van der Waals surface area (Å²) in [4.78, 5) is 4.93. The average Bonchev–Trinajstić information content (AvgIpc) is 3.31. The van der Waals surface area contributed by atoms with Gasteiger partial charge in [0.1, 0.15) is 11.5 Å². The largest absolute Gasteiger partial charge is 0.464 e. The van der Waals surface area contributed by atoms with Crippen LogP contribution in [0.2, 0.25) is 0 Å². The Balaban J connectivity index is 1.68. The van der Waals surface area contributed by atoms with Crippen molar-refractivity contribution in [3.8, 4) is 11.3 Å². The number of furan rings is 1. The van der Waals surface area contributed by atoms with Crippen LogP contribution in [0, 0.1) is 0 Å². The third-order valence-corrected chi connectivity index (χ3v) is 5.56. The number of para-hydroxylation sites is 1. The number of aromatic nitrogens is 1. The zero-order valence-corrected chi connectivity index (χ0v) is 18.4. The summed E-state index contributed by atoms with van der Waals surface area (Å²) < 4.78 is 86.3. The summed E-state index contributed by atoms with van der Waals surface area (Å²) >= 11 is 0. The molecule has 0 amide bonds. The molecule has 0 spiro atoms. The number of halogens is 6. The quantitative estimate of drug-likeness (QED) is 0.303. The Kier molecular flexibility index (Phi) is 6.61. The maximum atomic E-state index is 13.5. The minimum atomic E-state index is -4.99. The van der Waals surface area contributed by atoms with Crippen molar-refractivity contribution >= 4 is 10.9 Å². The first kappa shape index (κ1) is 24.7. The molecule has 184 valence electrons. The van der Waals surface area contributed by atoms with Gasteiger partial charge in [-0.05, 0) is 42.4 Å². The highest BCUT2D eigenvalue weighted by Crippen LogP contribution is 2.39. The number of alkyl halides is 6. The zero-order chi connectivity index (χ0) is 25.4. The lowest BCUT2D eigenvalue weighted by Crippen LogP contribution is -2.25. The van der Waals surface area contributed by atoms with Crippen LogP contribution in [-0.4, -0.2) is 28.6 Å². The zero-order valence-electron chi connectivity index (χ0n) is 18.4. The van der Waals surface area contributed by atoms with Crippen molar-refractivity contribution in [3.63, 3.8) is 0 Å². The second kappa shape index (κ2) is 9.35. The first-order valence-corrected chi connectivity index (χ1v) is 10.5. The van der Waals surface area contributed by atoms with E-state index in [-0.39, 0.29) is 17.5 Å². The maximum Gasteiger partial charge on any atom is 0.433 e. The normalized spacial score (nSPS) is 13.5. The van der Waals surface area contributed by atoms with Crippen LogP contribution in [0.3, 0.4) is 0 Å². The van der Waals surface area contributed by atoms with Gasteiger partial charge >= 0.3 is 12.4 Å². The van der Waals surface area contributed by atoms with Crippen molar-refractivity contribution < 1.29 is 35.9 Å². The molecule has 4 nitrogen and oxygen atoms in total. The molecule has 2 aromatic carbocycles. The van der Waals surface area contributed by atoms with Crippen LogP contribution in [0.5, 0.6) is 0 Å². The van der Waals surface area contributed by atoms with Crippen molar-refractivity contribution in [2.24, 2.45) is 0 Å². The van der Waals surface area contributed by atoms with Crippen LogP contribution in [-0.2, 0) is 18.9 Å². The van der Waals surface area contributed by atoms with Crippen LogP contribution in [0.25, 0.3) is 22.2 Å². The smallest absolute Gasteiger partial charge is 0.433 e. The lowest BCUT2D eigenvalue weighted by atomic mass is 9.99. The summed E-state index contributed by atoms with van der Waals surface area (Å²) in [5.41, 5.74) is -2.28. The Morgan fingerprint density at radius 2 is 1.69 bits per heavy atom. The first-order valence-electron chi connectivity index (χ1n) is 10.5. The molecule has 0 aliphatic heterocycles. The molecule has 1 N–H and O–H groups in total. The minimum absolute atomic E-state index is 0.140. The summed E-state index contributed by atoms with van der Waals surface area (Å²) in [6.45, 7) is 0.163. The number of benzene rings is 2. The standard InChI is InChI=1S/C25H20F6N2O2/c1-33(13-15-6-2-3-7-16(15)21-10-5-11-35-21)14-20(34)18-12-22(25(29,30)31)32-23-17(18)8-4-9-19(23)24(26,27)28/h2-12,20,34H,13-14H2,1H3. The van der Waals surface area contributed by atoms with Gasteiger partial charge in [-0.2, -0.15) is 26.3 Å². The van der Waals surface area contributed by atoms with Crippen LogP contribution in [0.4, 0.5) is 26.3 Å². The van der Waals surface area contributed by atoms with Gasteiger partial charge in [-0.25, -0.2) is 4.98 Å². The number of rotatable bonds is 6. The van der Waals surface area contributed by atoms with E-state index in [1.165, 1.54) is 12.3 Å². The van der Waals surface area contributed by atoms with Crippen molar-refractivity contribution in [2.75, 3.05) is 13.6 Å². The minimum Gasteiger partial charge on any atom is -0.464 e. The molecule has 0 bridgehead atoms. The van der Waals surface area contributed by atoms with Crippen LogP contribution >= 0.6 is 0 Å². The van der Waals surface area contributed by atoms with Gasteiger partial charge < -0.3 is 9.52 Å². The molecule has 35 heavy (non-hydrogen) atoms. The Hall–Kier alpha value is -3.37. The molecule has 0 radical (unpaired) electrons. The monoisotopic (exact) mass is 494 g/mol. The molecule has 0 aliphatic rings. The van der Waals surface area contributed by atoms with E-state index in [9.17, 15) is 31.4 Å². The molecule has 0 fully saturated rings. The van der Waals surface area contributed by atoms with Gasteiger partial charge in [-0.15, -0.1) is 0 Å². The molecule has 0 aliphatic carbocycles. The third kappa shape index (κ3) is 5.33. The van der Waals surface area contributed by atoms with Crippen LogP contribution in [0.1, 0.15) is 28.5 Å². The fourth-order valence-electron chi connectivity index (χ4n) is 4.00. The lowest BCUT2D eigenvalue weighted by Gasteiger charge is -2.24. The predicted molar refractivity (Wildman–Crippen MR) is 117 cm³/mol. The number of nitrogens with zero attached hydrogens (tertiary/aromatic N) is 2. The average molecular weight is 494 g/mol. The number of fused-ring (bicyclic) bond motifs is 1. The van der Waals surface area contributed by atoms with E-state index in [1.54, 1.807) is 24.1 Å². The second-order valence-corrected chi connectivity index (χ2v) is 8.14. The van der Waals surface area contributed by atoms with Crippen LogP contribution < -0.4 is 0 Å². The van der Waals surface area contributed by atoms with Crippen molar-refractivity contribution in [1.82, 2.24) is 9.88 Å². The SMILES string of the molecule is CN(Cc1ccccc1-c1ccco1)CC(O)c1cc(C(F)(F)F)nc2c(C(F)(F)F)cccc12. The van der Waals surface area contributed by atoms with Crippen LogP contribution in [0.15, 0.2) is 71.3 Å². The predicted octanol–water partition coefficient (Wildman–Crippen LogP) is 6.70. The molecule has 1 atom stereocenters. The Bertz CT molecular complexity index is 1320. The van der Waals surface area contributed by atoms with E-state index in [0.717, 1.165) is 17.2 Å². The molecule has 10 heteroatoms. The topological polar surface area (TPSA) is 49.5 Å². The highest BCUT2D eigenvalue weighted by molar-refractivity contribution is 5.86. The van der Waals surface area contributed by atoms with E-state index in [2.05, 4.69) is 4.98 Å². The number of pyridine rings is 1. The van der Waals surface area contributed by atoms with Gasteiger partial charge in [0.15, 0.2) is 0 Å². The molecular weight excluding hydrogens is 474 g/mol. The number of hydrogen-bond acceptors (Lipinski definition) is 4. The lowest BCUT2D eigenvalue weighted by molar-refractivity contribution is -0.142.